The maximum Gasteiger partial charge on any atom is 0.254 e. The molecule has 3 rings (SSSR count). The average Bonchev–Trinajstić information content (AvgIpc) is 2.96. The van der Waals surface area contributed by atoms with Crippen LogP contribution in [0.3, 0.4) is 0 Å². The third kappa shape index (κ3) is 2.91. The van der Waals surface area contributed by atoms with E-state index < -0.39 is 0 Å². The molecule has 1 unspecified atom stereocenters. The summed E-state index contributed by atoms with van der Waals surface area (Å²) in [6.45, 7) is 3.67. The third-order valence-corrected chi connectivity index (χ3v) is 6.08. The van der Waals surface area contributed by atoms with E-state index in [0.29, 0.717) is 13.1 Å². The first kappa shape index (κ1) is 15.5. The summed E-state index contributed by atoms with van der Waals surface area (Å²) in [4.78, 5) is 27.8. The van der Waals surface area contributed by atoms with Crippen LogP contribution in [-0.4, -0.2) is 36.9 Å². The molecule has 1 aromatic rings. The Morgan fingerprint density at radius 1 is 1.27 bits per heavy atom. The first-order valence-electron chi connectivity index (χ1n) is 8.20. The zero-order valence-electron chi connectivity index (χ0n) is 13.4. The van der Waals surface area contributed by atoms with E-state index >= 15 is 0 Å². The van der Waals surface area contributed by atoms with Crippen molar-refractivity contribution in [2.75, 3.05) is 20.1 Å². The number of piperidine rings is 1. The first-order valence-corrected chi connectivity index (χ1v) is 9.08. The van der Waals surface area contributed by atoms with Gasteiger partial charge in [-0.15, -0.1) is 11.3 Å². The number of amides is 2. The smallest absolute Gasteiger partial charge is 0.254 e. The van der Waals surface area contributed by atoms with E-state index in [2.05, 4.69) is 17.6 Å². The van der Waals surface area contributed by atoms with E-state index in [0.717, 1.165) is 37.2 Å². The van der Waals surface area contributed by atoms with Crippen LogP contribution in [-0.2, 0) is 17.6 Å². The monoisotopic (exact) mass is 320 g/mol. The average molecular weight is 320 g/mol. The van der Waals surface area contributed by atoms with Gasteiger partial charge in [-0.1, -0.05) is 6.92 Å². The van der Waals surface area contributed by atoms with Crippen LogP contribution in [0.4, 0.5) is 0 Å². The number of hydrogen-bond donors (Lipinski definition) is 1. The molecule has 2 amide bonds. The highest BCUT2D eigenvalue weighted by Gasteiger charge is 2.30. The van der Waals surface area contributed by atoms with Gasteiger partial charge >= 0.3 is 0 Å². The van der Waals surface area contributed by atoms with Crippen molar-refractivity contribution in [2.45, 2.75) is 39.0 Å². The lowest BCUT2D eigenvalue weighted by Gasteiger charge is -2.31. The Hall–Kier alpha value is -1.36. The van der Waals surface area contributed by atoms with Crippen molar-refractivity contribution >= 4 is 23.2 Å². The van der Waals surface area contributed by atoms with Crippen molar-refractivity contribution in [1.29, 1.82) is 0 Å². The lowest BCUT2D eigenvalue weighted by molar-refractivity contribution is -0.125. The summed E-state index contributed by atoms with van der Waals surface area (Å²) in [5.41, 5.74) is 2.21. The molecule has 1 N–H and O–H groups in total. The van der Waals surface area contributed by atoms with Gasteiger partial charge in [0.25, 0.3) is 5.91 Å². The van der Waals surface area contributed by atoms with Crippen molar-refractivity contribution in [2.24, 2.45) is 11.8 Å². The number of rotatable bonds is 2. The standard InChI is InChI=1S/C17H24N2O2S/c1-11-3-4-13-14(10-22-15(13)9-11)17(21)19-7-5-12(6-8-19)16(20)18-2/h10-12H,3-9H2,1-2H3,(H,18,20). The van der Waals surface area contributed by atoms with Gasteiger partial charge in [0.2, 0.25) is 5.91 Å². The maximum atomic E-state index is 12.8. The second kappa shape index (κ2) is 6.41. The third-order valence-electron chi connectivity index (χ3n) is 5.03. The lowest BCUT2D eigenvalue weighted by atomic mass is 9.88. The summed E-state index contributed by atoms with van der Waals surface area (Å²) in [5.74, 6) is 1.07. The highest BCUT2D eigenvalue weighted by molar-refractivity contribution is 7.10. The fraction of sp³-hybridized carbons (Fsp3) is 0.647. The number of hydrogen-bond acceptors (Lipinski definition) is 3. The van der Waals surface area contributed by atoms with Gasteiger partial charge in [-0.05, 0) is 43.6 Å². The fourth-order valence-electron chi connectivity index (χ4n) is 3.58. The topological polar surface area (TPSA) is 49.4 Å². The molecule has 1 saturated heterocycles. The van der Waals surface area contributed by atoms with Crippen LogP contribution >= 0.6 is 11.3 Å². The fourth-order valence-corrected chi connectivity index (χ4v) is 4.81. The van der Waals surface area contributed by atoms with Crippen molar-refractivity contribution < 1.29 is 9.59 Å². The van der Waals surface area contributed by atoms with Gasteiger partial charge in [0.15, 0.2) is 0 Å². The minimum absolute atomic E-state index is 0.0614. The Bertz CT molecular complexity index is 573. The van der Waals surface area contributed by atoms with E-state index in [-0.39, 0.29) is 17.7 Å². The van der Waals surface area contributed by atoms with Crippen molar-refractivity contribution in [1.82, 2.24) is 10.2 Å². The summed E-state index contributed by atoms with van der Waals surface area (Å²) in [6, 6.07) is 0. The highest BCUT2D eigenvalue weighted by Crippen LogP contribution is 2.34. The van der Waals surface area contributed by atoms with Crippen LogP contribution < -0.4 is 5.32 Å². The van der Waals surface area contributed by atoms with Crippen LogP contribution in [0.5, 0.6) is 0 Å². The highest BCUT2D eigenvalue weighted by atomic mass is 32.1. The quantitative estimate of drug-likeness (QED) is 0.910. The number of thiophene rings is 1. The lowest BCUT2D eigenvalue weighted by Crippen LogP contribution is -2.42. The van der Waals surface area contributed by atoms with Gasteiger partial charge in [0.05, 0.1) is 5.56 Å². The molecule has 1 aromatic heterocycles. The minimum Gasteiger partial charge on any atom is -0.359 e. The second-order valence-electron chi connectivity index (χ2n) is 6.58. The Labute approximate surface area is 135 Å². The predicted molar refractivity (Wildman–Crippen MR) is 88.2 cm³/mol. The largest absolute Gasteiger partial charge is 0.359 e. The molecule has 4 nitrogen and oxygen atoms in total. The molecule has 2 aliphatic rings. The molecule has 1 atom stereocenters. The summed E-state index contributed by atoms with van der Waals surface area (Å²) in [6.07, 6.45) is 4.88. The molecule has 0 radical (unpaired) electrons. The number of likely N-dealkylation sites (tertiary alicyclic amines) is 1. The maximum absolute atomic E-state index is 12.8. The Kier molecular flexibility index (Phi) is 4.52. The van der Waals surface area contributed by atoms with Crippen LogP contribution in [0, 0.1) is 11.8 Å². The Balaban J connectivity index is 1.67. The van der Waals surface area contributed by atoms with Crippen LogP contribution in [0.25, 0.3) is 0 Å². The molecular formula is C17H24N2O2S. The molecule has 1 aliphatic heterocycles. The number of nitrogens with zero attached hydrogens (tertiary/aromatic N) is 1. The molecule has 0 saturated carbocycles. The number of carbonyl (C=O) groups is 2. The van der Waals surface area contributed by atoms with Gasteiger partial charge in [-0.3, -0.25) is 9.59 Å². The van der Waals surface area contributed by atoms with Crippen LogP contribution in [0.2, 0.25) is 0 Å². The Morgan fingerprint density at radius 3 is 2.68 bits per heavy atom. The number of nitrogens with one attached hydrogen (secondary N) is 1. The van der Waals surface area contributed by atoms with Crippen LogP contribution in [0.15, 0.2) is 5.38 Å². The predicted octanol–water partition coefficient (Wildman–Crippen LogP) is 2.47. The number of carbonyl (C=O) groups excluding carboxylic acids is 2. The van der Waals surface area contributed by atoms with Gasteiger partial charge in [-0.25, -0.2) is 0 Å². The SMILES string of the molecule is CNC(=O)C1CCN(C(=O)c2csc3c2CCC(C)C3)CC1. The van der Waals surface area contributed by atoms with Crippen molar-refractivity contribution in [3.8, 4) is 0 Å². The molecule has 120 valence electrons. The van der Waals surface area contributed by atoms with E-state index in [1.165, 1.54) is 16.9 Å². The van der Waals surface area contributed by atoms with Gasteiger partial charge < -0.3 is 10.2 Å². The van der Waals surface area contributed by atoms with Gasteiger partial charge in [-0.2, -0.15) is 0 Å². The first-order chi connectivity index (χ1) is 10.6. The van der Waals surface area contributed by atoms with Gasteiger partial charge in [0, 0.05) is 36.3 Å². The summed E-state index contributed by atoms with van der Waals surface area (Å²) in [5, 5.41) is 4.76. The summed E-state index contributed by atoms with van der Waals surface area (Å²) in [7, 11) is 1.68. The molecule has 0 spiro atoms. The Morgan fingerprint density at radius 2 is 2.00 bits per heavy atom. The van der Waals surface area contributed by atoms with Crippen LogP contribution in [0.1, 0.15) is 47.0 Å². The van der Waals surface area contributed by atoms with Crippen molar-refractivity contribution in [3.63, 3.8) is 0 Å². The molecule has 0 aromatic carbocycles. The molecule has 0 bridgehead atoms. The molecule has 2 heterocycles. The summed E-state index contributed by atoms with van der Waals surface area (Å²) >= 11 is 1.75. The summed E-state index contributed by atoms with van der Waals surface area (Å²) < 4.78 is 0. The van der Waals surface area contributed by atoms with Gasteiger partial charge in [0.1, 0.15) is 0 Å². The zero-order valence-corrected chi connectivity index (χ0v) is 14.2. The minimum atomic E-state index is 0.0614. The zero-order chi connectivity index (χ0) is 15.7. The molecule has 1 fully saturated rings. The normalized spacial score (nSPS) is 22.3. The van der Waals surface area contributed by atoms with E-state index in [9.17, 15) is 9.59 Å². The molecule has 5 heteroatoms. The second-order valence-corrected chi connectivity index (χ2v) is 7.54. The number of fused-ring (bicyclic) bond motifs is 1. The van der Waals surface area contributed by atoms with E-state index in [4.69, 9.17) is 0 Å². The van der Waals surface area contributed by atoms with E-state index in [1.807, 2.05) is 4.90 Å². The van der Waals surface area contributed by atoms with E-state index in [1.54, 1.807) is 18.4 Å². The van der Waals surface area contributed by atoms with Crippen molar-refractivity contribution in [3.05, 3.63) is 21.4 Å². The molecule has 22 heavy (non-hydrogen) atoms. The molecular weight excluding hydrogens is 296 g/mol. The molecule has 1 aliphatic carbocycles.